The first-order chi connectivity index (χ1) is 8.13. The first-order valence-electron chi connectivity index (χ1n) is 6.25. The normalized spacial score (nSPS) is 11.0. The van der Waals surface area contributed by atoms with Gasteiger partial charge in [-0.05, 0) is 38.3 Å². The Hall–Kier alpha value is -1.57. The molecule has 1 N–H and O–H groups in total. The van der Waals surface area contributed by atoms with Gasteiger partial charge < -0.3 is 4.98 Å². The first kappa shape index (κ1) is 11.9. The smallest absolute Gasteiger partial charge is 0.159 e. The maximum Gasteiger partial charge on any atom is 0.159 e. The largest absolute Gasteiger partial charge is 0.358 e. The number of unbranched alkanes of at least 4 members (excludes halogenated alkanes) is 1. The quantitative estimate of drug-likeness (QED) is 0.789. The van der Waals surface area contributed by atoms with E-state index in [1.54, 1.807) is 6.92 Å². The lowest BCUT2D eigenvalue weighted by Crippen LogP contribution is -1.90. The second-order valence-electron chi connectivity index (χ2n) is 4.65. The van der Waals surface area contributed by atoms with Crippen LogP contribution >= 0.6 is 0 Å². The van der Waals surface area contributed by atoms with Crippen LogP contribution in [0.2, 0.25) is 0 Å². The third-order valence-corrected chi connectivity index (χ3v) is 3.35. The molecular formula is C15H19NO. The number of hydrogen-bond donors (Lipinski definition) is 1. The van der Waals surface area contributed by atoms with Gasteiger partial charge in [-0.1, -0.05) is 25.5 Å². The van der Waals surface area contributed by atoms with Crippen molar-refractivity contribution in [2.75, 3.05) is 0 Å². The molecule has 0 bridgehead atoms. The number of carbonyl (C=O) groups is 1. The highest BCUT2D eigenvalue weighted by atomic mass is 16.1. The fraction of sp³-hybridized carbons (Fsp3) is 0.400. The number of nitrogens with one attached hydrogen (secondary N) is 1. The van der Waals surface area contributed by atoms with Gasteiger partial charge in [0.15, 0.2) is 5.78 Å². The van der Waals surface area contributed by atoms with Gasteiger partial charge in [-0.25, -0.2) is 0 Å². The maximum atomic E-state index is 11.3. The molecule has 0 radical (unpaired) electrons. The molecular weight excluding hydrogens is 210 g/mol. The Bertz CT molecular complexity index is 551. The number of hydrogen-bond acceptors (Lipinski definition) is 1. The molecule has 90 valence electrons. The molecule has 0 spiro atoms. The third-order valence-electron chi connectivity index (χ3n) is 3.35. The van der Waals surface area contributed by atoms with Gasteiger partial charge in [0.2, 0.25) is 0 Å². The van der Waals surface area contributed by atoms with Gasteiger partial charge in [-0.2, -0.15) is 0 Å². The summed E-state index contributed by atoms with van der Waals surface area (Å²) >= 11 is 0. The number of rotatable bonds is 4. The van der Waals surface area contributed by atoms with E-state index in [2.05, 4.69) is 18.8 Å². The molecule has 2 heteroatoms. The van der Waals surface area contributed by atoms with Gasteiger partial charge >= 0.3 is 0 Å². The fourth-order valence-electron chi connectivity index (χ4n) is 2.22. The molecule has 0 aliphatic rings. The molecule has 0 saturated carbocycles. The van der Waals surface area contributed by atoms with E-state index >= 15 is 0 Å². The van der Waals surface area contributed by atoms with E-state index in [1.165, 1.54) is 29.5 Å². The third kappa shape index (κ3) is 2.26. The summed E-state index contributed by atoms with van der Waals surface area (Å²) < 4.78 is 0. The number of H-pyrrole nitrogens is 1. The maximum absolute atomic E-state index is 11.3. The molecule has 1 aromatic carbocycles. The second kappa shape index (κ2) is 4.74. The van der Waals surface area contributed by atoms with Crippen molar-refractivity contribution in [3.63, 3.8) is 0 Å². The molecule has 0 unspecified atom stereocenters. The molecule has 0 atom stereocenters. The van der Waals surface area contributed by atoms with Crippen molar-refractivity contribution in [1.82, 2.24) is 4.98 Å². The van der Waals surface area contributed by atoms with Crippen LogP contribution < -0.4 is 0 Å². The number of aromatic nitrogens is 1. The molecule has 2 nitrogen and oxygen atoms in total. The summed E-state index contributed by atoms with van der Waals surface area (Å²) in [7, 11) is 0. The van der Waals surface area contributed by atoms with Crippen LogP contribution in [0.4, 0.5) is 0 Å². The standard InChI is InChI=1S/C15H19NO/c1-4-5-6-14-10(2)13-8-7-12(11(3)17)9-15(13)16-14/h7-9,16H,4-6H2,1-3H3. The Kier molecular flexibility index (Phi) is 3.32. The summed E-state index contributed by atoms with van der Waals surface area (Å²) in [5.74, 6) is 0.120. The van der Waals surface area contributed by atoms with E-state index in [-0.39, 0.29) is 5.78 Å². The molecule has 2 aromatic rings. The van der Waals surface area contributed by atoms with Gasteiger partial charge in [-0.15, -0.1) is 0 Å². The number of benzene rings is 1. The molecule has 0 fully saturated rings. The molecule has 0 saturated heterocycles. The summed E-state index contributed by atoms with van der Waals surface area (Å²) in [6.07, 6.45) is 3.49. The zero-order chi connectivity index (χ0) is 12.4. The van der Waals surface area contributed by atoms with Crippen LogP contribution in [0.1, 0.15) is 48.3 Å². The van der Waals surface area contributed by atoms with Crippen LogP contribution in [0.25, 0.3) is 10.9 Å². The Morgan fingerprint density at radius 2 is 2.12 bits per heavy atom. The second-order valence-corrected chi connectivity index (χ2v) is 4.65. The Labute approximate surface area is 102 Å². The molecule has 1 heterocycles. The lowest BCUT2D eigenvalue weighted by molar-refractivity contribution is 0.101. The molecule has 17 heavy (non-hydrogen) atoms. The van der Waals surface area contributed by atoms with E-state index in [1.807, 2.05) is 18.2 Å². The van der Waals surface area contributed by atoms with Crippen LogP contribution in [0.3, 0.4) is 0 Å². The Morgan fingerprint density at radius 3 is 2.76 bits per heavy atom. The van der Waals surface area contributed by atoms with E-state index in [4.69, 9.17) is 0 Å². The number of Topliss-reactive ketones (excluding diaryl/α,β-unsaturated/α-hetero) is 1. The van der Waals surface area contributed by atoms with Crippen molar-refractivity contribution >= 4 is 16.7 Å². The molecule has 0 amide bonds. The van der Waals surface area contributed by atoms with Crippen LogP contribution in [0, 0.1) is 6.92 Å². The number of carbonyl (C=O) groups excluding carboxylic acids is 1. The number of ketones is 1. The SMILES string of the molecule is CCCCc1[nH]c2cc(C(C)=O)ccc2c1C. The molecule has 0 aliphatic carbocycles. The lowest BCUT2D eigenvalue weighted by atomic mass is 10.1. The zero-order valence-electron chi connectivity index (χ0n) is 10.8. The summed E-state index contributed by atoms with van der Waals surface area (Å²) in [5.41, 5.74) is 4.49. The summed E-state index contributed by atoms with van der Waals surface area (Å²) in [6.45, 7) is 5.96. The van der Waals surface area contributed by atoms with Crippen LogP contribution in [-0.4, -0.2) is 10.8 Å². The van der Waals surface area contributed by atoms with E-state index in [9.17, 15) is 4.79 Å². The summed E-state index contributed by atoms with van der Waals surface area (Å²) in [4.78, 5) is 14.8. The minimum atomic E-state index is 0.120. The number of fused-ring (bicyclic) bond motifs is 1. The topological polar surface area (TPSA) is 32.9 Å². The fourth-order valence-corrected chi connectivity index (χ4v) is 2.22. The van der Waals surface area contributed by atoms with Crippen LogP contribution in [0.5, 0.6) is 0 Å². The van der Waals surface area contributed by atoms with Crippen LogP contribution in [0.15, 0.2) is 18.2 Å². The van der Waals surface area contributed by atoms with Crippen molar-refractivity contribution in [3.8, 4) is 0 Å². The number of aryl methyl sites for hydroxylation is 2. The Balaban J connectivity index is 2.45. The summed E-state index contributed by atoms with van der Waals surface area (Å²) in [5, 5.41) is 1.24. The van der Waals surface area contributed by atoms with Crippen molar-refractivity contribution < 1.29 is 4.79 Å². The average Bonchev–Trinajstić information content (AvgIpc) is 2.63. The van der Waals surface area contributed by atoms with Gasteiger partial charge in [0, 0.05) is 22.2 Å². The zero-order valence-corrected chi connectivity index (χ0v) is 10.8. The highest BCUT2D eigenvalue weighted by Crippen LogP contribution is 2.24. The molecule has 0 aliphatic heterocycles. The monoisotopic (exact) mass is 229 g/mol. The highest BCUT2D eigenvalue weighted by molar-refractivity contribution is 5.98. The Morgan fingerprint density at radius 1 is 1.35 bits per heavy atom. The minimum Gasteiger partial charge on any atom is -0.358 e. The lowest BCUT2D eigenvalue weighted by Gasteiger charge is -1.97. The molecule has 1 aromatic heterocycles. The highest BCUT2D eigenvalue weighted by Gasteiger charge is 2.08. The van der Waals surface area contributed by atoms with Gasteiger partial charge in [0.1, 0.15) is 0 Å². The van der Waals surface area contributed by atoms with Crippen molar-refractivity contribution in [2.24, 2.45) is 0 Å². The van der Waals surface area contributed by atoms with E-state index in [0.29, 0.717) is 0 Å². The average molecular weight is 229 g/mol. The first-order valence-corrected chi connectivity index (χ1v) is 6.25. The van der Waals surface area contributed by atoms with Crippen LogP contribution in [-0.2, 0) is 6.42 Å². The van der Waals surface area contributed by atoms with Gasteiger partial charge in [0.05, 0.1) is 0 Å². The van der Waals surface area contributed by atoms with E-state index in [0.717, 1.165) is 17.5 Å². The van der Waals surface area contributed by atoms with Crippen molar-refractivity contribution in [2.45, 2.75) is 40.0 Å². The van der Waals surface area contributed by atoms with Gasteiger partial charge in [-0.3, -0.25) is 4.79 Å². The predicted octanol–water partition coefficient (Wildman–Crippen LogP) is 4.02. The van der Waals surface area contributed by atoms with Crippen molar-refractivity contribution in [3.05, 3.63) is 35.0 Å². The molecule has 2 rings (SSSR count). The minimum absolute atomic E-state index is 0.120. The predicted molar refractivity (Wildman–Crippen MR) is 71.7 cm³/mol. The van der Waals surface area contributed by atoms with E-state index < -0.39 is 0 Å². The van der Waals surface area contributed by atoms with Gasteiger partial charge in [0.25, 0.3) is 0 Å². The summed E-state index contributed by atoms with van der Waals surface area (Å²) in [6, 6.07) is 5.92. The number of aromatic amines is 1. The van der Waals surface area contributed by atoms with Crippen molar-refractivity contribution in [1.29, 1.82) is 0 Å².